The predicted octanol–water partition coefficient (Wildman–Crippen LogP) is 4.91. The monoisotopic (exact) mass is 515 g/mol. The summed E-state index contributed by atoms with van der Waals surface area (Å²) in [5, 5.41) is 5.82. The van der Waals surface area contributed by atoms with Crippen LogP contribution < -0.4 is 5.32 Å². The standard InChI is InChI=1S/C23H33N5O2S.2ClH/c1-16(2)22-26-20-21(24-18-7-5-6-8-19(18)25-23(20)31-22)28-11-10-27(12-14-30-4)17(15-28)9-13-29-3;;/h5-8,16-17,25H,9-15H2,1-4H3;2*1H/t17-;;/m0../s1. The highest BCUT2D eigenvalue weighted by Gasteiger charge is 2.32. The molecule has 2 aliphatic rings. The summed E-state index contributed by atoms with van der Waals surface area (Å²) in [6.07, 6.45) is 0.986. The van der Waals surface area contributed by atoms with E-state index < -0.39 is 0 Å². The number of piperazine rings is 1. The maximum atomic E-state index is 5.40. The Hall–Kier alpha value is -1.42. The highest BCUT2D eigenvalue weighted by molar-refractivity contribution is 7.16. The van der Waals surface area contributed by atoms with E-state index in [0.29, 0.717) is 12.0 Å². The van der Waals surface area contributed by atoms with Gasteiger partial charge in [0.1, 0.15) is 10.7 Å². The summed E-state index contributed by atoms with van der Waals surface area (Å²) in [6, 6.07) is 8.64. The van der Waals surface area contributed by atoms with Crippen molar-refractivity contribution in [1.82, 2.24) is 14.8 Å². The fraction of sp³-hybridized carbons (Fsp3) is 0.565. The van der Waals surface area contributed by atoms with Crippen molar-refractivity contribution in [2.75, 3.05) is 58.9 Å². The van der Waals surface area contributed by atoms with Gasteiger partial charge in [0.25, 0.3) is 0 Å². The molecule has 0 bridgehead atoms. The van der Waals surface area contributed by atoms with Gasteiger partial charge in [-0.1, -0.05) is 26.0 Å². The van der Waals surface area contributed by atoms with Gasteiger partial charge in [-0.05, 0) is 18.6 Å². The van der Waals surface area contributed by atoms with Crippen molar-refractivity contribution >= 4 is 58.4 Å². The van der Waals surface area contributed by atoms with Crippen LogP contribution in [-0.2, 0) is 9.47 Å². The Morgan fingerprint density at radius 1 is 1.12 bits per heavy atom. The van der Waals surface area contributed by atoms with Gasteiger partial charge in [0, 0.05) is 59.0 Å². The summed E-state index contributed by atoms with van der Waals surface area (Å²) >= 11 is 1.74. The number of nitrogens with one attached hydrogen (secondary N) is 1. The van der Waals surface area contributed by atoms with Crippen molar-refractivity contribution < 1.29 is 9.47 Å². The maximum absolute atomic E-state index is 5.40. The second-order valence-corrected chi connectivity index (χ2v) is 9.40. The first-order chi connectivity index (χ1) is 15.1. The SMILES string of the molecule is COCC[C@H]1CN(C2=Nc3ccccc3Nc3sc(C(C)C)nc32)CCN1CCOC.Cl.Cl. The lowest BCUT2D eigenvalue weighted by Gasteiger charge is -2.42. The van der Waals surface area contributed by atoms with Gasteiger partial charge in [-0.3, -0.25) is 4.90 Å². The molecule has 7 nitrogen and oxygen atoms in total. The van der Waals surface area contributed by atoms with Crippen molar-refractivity contribution in [2.45, 2.75) is 32.2 Å². The molecular weight excluding hydrogens is 481 g/mol. The predicted molar refractivity (Wildman–Crippen MR) is 142 cm³/mol. The molecule has 2 aromatic rings. The third-order valence-corrected chi connectivity index (χ3v) is 7.14. The van der Waals surface area contributed by atoms with E-state index in [4.69, 9.17) is 19.5 Å². The summed E-state index contributed by atoms with van der Waals surface area (Å²) in [4.78, 5) is 15.1. The molecule has 0 spiro atoms. The van der Waals surface area contributed by atoms with Gasteiger partial charge in [0.15, 0.2) is 5.84 Å². The number of amidine groups is 1. The molecule has 1 N–H and O–H groups in total. The molecule has 184 valence electrons. The van der Waals surface area contributed by atoms with Crippen LogP contribution in [0.15, 0.2) is 29.3 Å². The van der Waals surface area contributed by atoms with Crippen molar-refractivity contribution in [2.24, 2.45) is 4.99 Å². The van der Waals surface area contributed by atoms with Gasteiger partial charge >= 0.3 is 0 Å². The summed E-state index contributed by atoms with van der Waals surface area (Å²) in [5.41, 5.74) is 2.97. The molecule has 1 aromatic heterocycles. The zero-order valence-corrected chi connectivity index (χ0v) is 22.2. The molecule has 10 heteroatoms. The molecular formula is C23H35Cl2N5O2S. The maximum Gasteiger partial charge on any atom is 0.158 e. The Morgan fingerprint density at radius 3 is 2.61 bits per heavy atom. The van der Waals surface area contributed by atoms with Crippen LogP contribution in [-0.4, -0.2) is 80.3 Å². The fourth-order valence-corrected chi connectivity index (χ4v) is 5.10. The van der Waals surface area contributed by atoms with E-state index in [1.165, 1.54) is 0 Å². The van der Waals surface area contributed by atoms with E-state index in [2.05, 4.69) is 41.1 Å². The Morgan fingerprint density at radius 2 is 1.88 bits per heavy atom. The van der Waals surface area contributed by atoms with E-state index in [1.807, 2.05) is 12.1 Å². The van der Waals surface area contributed by atoms with E-state index in [9.17, 15) is 0 Å². The Balaban J connectivity index is 0.00000193. The third kappa shape index (κ3) is 6.38. The van der Waals surface area contributed by atoms with Gasteiger partial charge in [-0.15, -0.1) is 36.2 Å². The van der Waals surface area contributed by atoms with Gasteiger partial charge in [0.05, 0.1) is 23.0 Å². The summed E-state index contributed by atoms with van der Waals surface area (Å²) < 4.78 is 10.7. The number of halogens is 2. The number of thiazole rings is 1. The van der Waals surface area contributed by atoms with E-state index in [0.717, 1.165) is 78.7 Å². The average Bonchev–Trinajstić information content (AvgIpc) is 3.13. The van der Waals surface area contributed by atoms with Crippen LogP contribution in [0.25, 0.3) is 0 Å². The quantitative estimate of drug-likeness (QED) is 0.564. The molecule has 0 amide bonds. The lowest BCUT2D eigenvalue weighted by Crippen LogP contribution is -2.55. The molecule has 0 aliphatic carbocycles. The summed E-state index contributed by atoms with van der Waals surface area (Å²) in [6.45, 7) is 9.62. The topological polar surface area (TPSA) is 62.2 Å². The minimum Gasteiger partial charge on any atom is -0.385 e. The zero-order valence-electron chi connectivity index (χ0n) is 19.7. The molecule has 1 fully saturated rings. The fourth-order valence-electron chi connectivity index (χ4n) is 4.12. The molecule has 0 saturated carbocycles. The van der Waals surface area contributed by atoms with Crippen molar-refractivity contribution in [3.8, 4) is 0 Å². The molecule has 1 atom stereocenters. The molecule has 2 aliphatic heterocycles. The highest BCUT2D eigenvalue weighted by Crippen LogP contribution is 2.39. The van der Waals surface area contributed by atoms with Crippen LogP contribution in [0.3, 0.4) is 0 Å². The number of rotatable bonds is 7. The number of ether oxygens (including phenoxy) is 2. The Bertz CT molecular complexity index is 924. The van der Waals surface area contributed by atoms with Gasteiger partial charge < -0.3 is 19.7 Å². The van der Waals surface area contributed by atoms with E-state index in [-0.39, 0.29) is 24.8 Å². The highest BCUT2D eigenvalue weighted by atomic mass is 35.5. The first kappa shape index (κ1) is 27.8. The van der Waals surface area contributed by atoms with Crippen LogP contribution in [0, 0.1) is 0 Å². The number of fused-ring (bicyclic) bond motifs is 2. The van der Waals surface area contributed by atoms with Crippen LogP contribution in [0.5, 0.6) is 0 Å². The third-order valence-electron chi connectivity index (χ3n) is 5.87. The lowest BCUT2D eigenvalue weighted by molar-refractivity contribution is 0.0573. The van der Waals surface area contributed by atoms with Gasteiger partial charge in [0.2, 0.25) is 0 Å². The lowest BCUT2D eigenvalue weighted by atomic mass is 10.1. The molecule has 3 heterocycles. The smallest absolute Gasteiger partial charge is 0.158 e. The number of para-hydroxylation sites is 2. The first-order valence-electron chi connectivity index (χ1n) is 11.0. The number of nitrogens with zero attached hydrogens (tertiary/aromatic N) is 4. The minimum absolute atomic E-state index is 0. The van der Waals surface area contributed by atoms with E-state index in [1.54, 1.807) is 25.6 Å². The van der Waals surface area contributed by atoms with Crippen LogP contribution >= 0.6 is 36.2 Å². The molecule has 1 aromatic carbocycles. The molecule has 1 saturated heterocycles. The minimum atomic E-state index is 0. The second kappa shape index (κ2) is 12.9. The molecule has 4 rings (SSSR count). The number of anilines is 2. The van der Waals surface area contributed by atoms with Crippen molar-refractivity contribution in [1.29, 1.82) is 0 Å². The van der Waals surface area contributed by atoms with Crippen LogP contribution in [0.4, 0.5) is 16.4 Å². The largest absolute Gasteiger partial charge is 0.385 e. The normalized spacial score (nSPS) is 17.8. The van der Waals surface area contributed by atoms with Crippen molar-refractivity contribution in [3.63, 3.8) is 0 Å². The molecule has 0 radical (unpaired) electrons. The number of benzene rings is 1. The number of hydrogen-bond acceptors (Lipinski definition) is 8. The molecule has 33 heavy (non-hydrogen) atoms. The van der Waals surface area contributed by atoms with Crippen molar-refractivity contribution in [3.05, 3.63) is 35.0 Å². The zero-order chi connectivity index (χ0) is 21.8. The number of hydrogen-bond donors (Lipinski definition) is 1. The van der Waals surface area contributed by atoms with Crippen LogP contribution in [0.1, 0.15) is 36.9 Å². The van der Waals surface area contributed by atoms with Gasteiger partial charge in [-0.2, -0.15) is 0 Å². The van der Waals surface area contributed by atoms with Crippen LogP contribution in [0.2, 0.25) is 0 Å². The Kier molecular flexibility index (Phi) is 10.9. The number of aromatic nitrogens is 1. The van der Waals surface area contributed by atoms with E-state index >= 15 is 0 Å². The summed E-state index contributed by atoms with van der Waals surface area (Å²) in [5.74, 6) is 1.36. The Labute approximate surface area is 213 Å². The second-order valence-electron chi connectivity index (χ2n) is 8.37. The average molecular weight is 517 g/mol. The number of aliphatic imine (C=N–C) groups is 1. The molecule has 0 unspecified atom stereocenters. The van der Waals surface area contributed by atoms with Gasteiger partial charge in [-0.25, -0.2) is 9.98 Å². The first-order valence-corrected chi connectivity index (χ1v) is 11.8. The number of methoxy groups -OCH3 is 2. The summed E-state index contributed by atoms with van der Waals surface area (Å²) in [7, 11) is 3.54.